The molecule has 3 fully saturated rings. The summed E-state index contributed by atoms with van der Waals surface area (Å²) in [5.41, 5.74) is -1.52. The number of halogens is 2. The molecule has 0 aliphatic carbocycles. The molecule has 0 aromatic heterocycles. The van der Waals surface area contributed by atoms with Crippen molar-refractivity contribution in [1.82, 2.24) is 4.90 Å². The van der Waals surface area contributed by atoms with Crippen LogP contribution in [0.5, 0.6) is 0 Å². The highest BCUT2D eigenvalue weighted by atomic mass is 79.9. The molecule has 12 heteroatoms. The van der Waals surface area contributed by atoms with Crippen LogP contribution >= 0.6 is 31.9 Å². The number of amides is 2. The molecule has 5 atom stereocenters. The third-order valence-electron chi connectivity index (χ3n) is 7.10. The summed E-state index contributed by atoms with van der Waals surface area (Å²) in [4.78, 5) is 64.9. The van der Waals surface area contributed by atoms with Crippen molar-refractivity contribution in [2.24, 2.45) is 23.2 Å². The first-order valence-electron chi connectivity index (χ1n) is 12.4. The van der Waals surface area contributed by atoms with Gasteiger partial charge in [0.15, 0.2) is 0 Å². The first-order chi connectivity index (χ1) is 17.0. The Kier molecular flexibility index (Phi) is 8.86. The number of rotatable bonds is 10. The average molecular weight is 653 g/mol. The maximum atomic E-state index is 13.1. The zero-order valence-electron chi connectivity index (χ0n) is 22.0. The first kappa shape index (κ1) is 30.0. The summed E-state index contributed by atoms with van der Waals surface area (Å²) in [6.07, 6.45) is 1.15. The number of nitrogens with zero attached hydrogens (tertiary/aromatic N) is 1. The van der Waals surface area contributed by atoms with Gasteiger partial charge in [0, 0.05) is 0 Å². The van der Waals surface area contributed by atoms with E-state index in [1.807, 2.05) is 6.92 Å². The van der Waals surface area contributed by atoms with Gasteiger partial charge in [-0.3, -0.25) is 28.9 Å². The maximum Gasteiger partial charge on any atom is 0.322 e. The van der Waals surface area contributed by atoms with Crippen molar-refractivity contribution in [2.75, 3.05) is 26.4 Å². The number of carbonyl (C=O) groups excluding carboxylic acids is 5. The van der Waals surface area contributed by atoms with E-state index in [1.165, 1.54) is 6.92 Å². The lowest BCUT2D eigenvalue weighted by Gasteiger charge is -2.30. The van der Waals surface area contributed by atoms with Gasteiger partial charge in [-0.15, -0.1) is 0 Å². The van der Waals surface area contributed by atoms with Crippen LogP contribution in [-0.2, 0) is 42.9 Å². The van der Waals surface area contributed by atoms with Crippen molar-refractivity contribution < 1.29 is 42.9 Å². The van der Waals surface area contributed by atoms with Gasteiger partial charge in [-0.05, 0) is 53.4 Å². The molecule has 0 spiro atoms. The van der Waals surface area contributed by atoms with Crippen molar-refractivity contribution in [3.05, 3.63) is 0 Å². The van der Waals surface area contributed by atoms with E-state index in [4.69, 9.17) is 18.9 Å². The molecule has 10 nitrogen and oxygen atoms in total. The lowest BCUT2D eigenvalue weighted by molar-refractivity contribution is -0.172. The second kappa shape index (κ2) is 10.9. The quantitative estimate of drug-likeness (QED) is 0.152. The molecular weight excluding hydrogens is 618 g/mol. The van der Waals surface area contributed by atoms with Crippen LogP contribution in [0.3, 0.4) is 0 Å². The van der Waals surface area contributed by atoms with E-state index in [0.29, 0.717) is 0 Å². The molecule has 2 amide bonds. The molecule has 0 saturated carbocycles. The molecule has 2 bridgehead atoms. The van der Waals surface area contributed by atoms with Crippen LogP contribution in [0, 0.1) is 23.2 Å². The van der Waals surface area contributed by atoms with Crippen LogP contribution in [-0.4, -0.2) is 81.8 Å². The fourth-order valence-electron chi connectivity index (χ4n) is 4.79. The van der Waals surface area contributed by atoms with Crippen molar-refractivity contribution in [3.63, 3.8) is 0 Å². The molecule has 0 radical (unpaired) electrons. The number of carbonyl (C=O) groups is 5. The number of likely N-dealkylation sites (tertiary alicyclic amines) is 1. The highest BCUT2D eigenvalue weighted by Crippen LogP contribution is 2.48. The minimum Gasteiger partial charge on any atom is -0.463 e. The van der Waals surface area contributed by atoms with Crippen LogP contribution in [0.25, 0.3) is 0 Å². The summed E-state index contributed by atoms with van der Waals surface area (Å²) in [6.45, 7) is 8.72. The predicted octanol–water partition coefficient (Wildman–Crippen LogP) is 2.77. The van der Waals surface area contributed by atoms with Gasteiger partial charge >= 0.3 is 17.9 Å². The Labute approximate surface area is 233 Å². The normalized spacial score (nSPS) is 27.7. The van der Waals surface area contributed by atoms with Crippen molar-refractivity contribution in [3.8, 4) is 0 Å². The zero-order valence-corrected chi connectivity index (χ0v) is 25.2. The smallest absolute Gasteiger partial charge is 0.322 e. The molecule has 3 heterocycles. The van der Waals surface area contributed by atoms with Crippen LogP contribution in [0.4, 0.5) is 0 Å². The Morgan fingerprint density at radius 2 is 1.38 bits per heavy atom. The third-order valence-corrected chi connectivity index (χ3v) is 7.75. The molecule has 37 heavy (non-hydrogen) atoms. The van der Waals surface area contributed by atoms with Gasteiger partial charge in [0.25, 0.3) is 0 Å². The number of hydrogen-bond acceptors (Lipinski definition) is 9. The highest BCUT2D eigenvalue weighted by Gasteiger charge is 2.62. The van der Waals surface area contributed by atoms with E-state index in [2.05, 4.69) is 31.9 Å². The molecule has 0 aromatic rings. The second-order valence-electron chi connectivity index (χ2n) is 11.4. The van der Waals surface area contributed by atoms with Gasteiger partial charge in [-0.2, -0.15) is 0 Å². The van der Waals surface area contributed by atoms with Crippen LogP contribution in [0.2, 0.25) is 0 Å². The molecule has 3 aliphatic rings. The van der Waals surface area contributed by atoms with Gasteiger partial charge in [-0.25, -0.2) is 0 Å². The van der Waals surface area contributed by atoms with Gasteiger partial charge in [0.1, 0.15) is 33.9 Å². The van der Waals surface area contributed by atoms with Crippen molar-refractivity contribution in [2.45, 2.75) is 75.2 Å². The van der Waals surface area contributed by atoms with Gasteiger partial charge in [0.2, 0.25) is 11.8 Å². The molecule has 3 aliphatic heterocycles. The highest BCUT2D eigenvalue weighted by molar-refractivity contribution is 9.10. The molecule has 3 rings (SSSR count). The summed E-state index contributed by atoms with van der Waals surface area (Å²) in [6, 6.07) is 0. The van der Waals surface area contributed by atoms with Crippen LogP contribution in [0.1, 0.15) is 54.4 Å². The Morgan fingerprint density at radius 3 is 1.89 bits per heavy atom. The summed E-state index contributed by atoms with van der Waals surface area (Å²) in [5.74, 6) is -3.38. The fraction of sp³-hybridized carbons (Fsp3) is 0.800. The molecular formula is C25H35Br2NO9. The Bertz CT molecular complexity index is 925. The Balaban J connectivity index is 1.63. The van der Waals surface area contributed by atoms with Crippen molar-refractivity contribution in [1.29, 1.82) is 0 Å². The molecule has 3 saturated heterocycles. The molecule has 208 valence electrons. The standard InChI is InChI=1S/C25H35Br2NO9/c1-13-7-8-14-15-16(17(13)37-14)19(30)28(18(15)29)9-10-34-22(33)25(6,11-35-20(31)23(2,3)26)12-36-21(32)24(4,5)27/h13-17H,7-12H2,1-6H3/t13?,14?,15-,16-,17?/m1/s1. The number of esters is 3. The van der Waals surface area contributed by atoms with E-state index in [-0.39, 0.29) is 43.1 Å². The second-order valence-corrected chi connectivity index (χ2v) is 15.3. The number of ether oxygens (including phenoxy) is 4. The van der Waals surface area contributed by atoms with E-state index < -0.39 is 57.0 Å². The fourth-order valence-corrected chi connectivity index (χ4v) is 5.01. The monoisotopic (exact) mass is 651 g/mol. The summed E-state index contributed by atoms with van der Waals surface area (Å²) in [5, 5.41) is 0. The summed E-state index contributed by atoms with van der Waals surface area (Å²) in [7, 11) is 0. The number of fused-ring (bicyclic) bond motifs is 5. The van der Waals surface area contributed by atoms with E-state index >= 15 is 0 Å². The zero-order chi connectivity index (χ0) is 27.9. The lowest BCUT2D eigenvalue weighted by atomic mass is 9.88. The summed E-state index contributed by atoms with van der Waals surface area (Å²) >= 11 is 6.42. The molecule has 0 aromatic carbocycles. The molecule has 0 N–H and O–H groups in total. The maximum absolute atomic E-state index is 13.1. The van der Waals surface area contributed by atoms with Crippen LogP contribution in [0.15, 0.2) is 0 Å². The minimum atomic E-state index is -1.52. The first-order valence-corrected chi connectivity index (χ1v) is 14.0. The van der Waals surface area contributed by atoms with Crippen LogP contribution < -0.4 is 0 Å². The largest absolute Gasteiger partial charge is 0.463 e. The average Bonchev–Trinajstić information content (AvgIpc) is 3.25. The Hall–Kier alpha value is -1.53. The third kappa shape index (κ3) is 6.38. The molecule has 3 unspecified atom stereocenters. The van der Waals surface area contributed by atoms with Gasteiger partial charge in [-0.1, -0.05) is 38.8 Å². The topological polar surface area (TPSA) is 126 Å². The van der Waals surface area contributed by atoms with Gasteiger partial charge in [0.05, 0.1) is 30.6 Å². The van der Waals surface area contributed by atoms with E-state index in [9.17, 15) is 24.0 Å². The summed E-state index contributed by atoms with van der Waals surface area (Å²) < 4.78 is 20.0. The number of hydrogen-bond donors (Lipinski definition) is 0. The van der Waals surface area contributed by atoms with Gasteiger partial charge < -0.3 is 18.9 Å². The lowest BCUT2D eigenvalue weighted by Crippen LogP contribution is -2.44. The predicted molar refractivity (Wildman–Crippen MR) is 138 cm³/mol. The SMILES string of the molecule is CC1CCC2OC1[C@@H]1C(=O)N(CCOC(=O)C(C)(COC(=O)C(C)(C)Br)COC(=O)C(C)(C)Br)C(=O)[C@H]21. The number of alkyl halides is 2. The minimum absolute atomic E-state index is 0.0945. The van der Waals surface area contributed by atoms with Crippen molar-refractivity contribution >= 4 is 61.6 Å². The van der Waals surface area contributed by atoms with E-state index in [0.717, 1.165) is 17.7 Å². The van der Waals surface area contributed by atoms with E-state index in [1.54, 1.807) is 27.7 Å². The Morgan fingerprint density at radius 1 is 0.865 bits per heavy atom. The number of imide groups is 1.